The van der Waals surface area contributed by atoms with Gasteiger partial charge in [0.25, 0.3) is 11.5 Å². The lowest BCUT2D eigenvalue weighted by Gasteiger charge is -2.08. The SMILES string of the molecule is Cc1ccc(NC(=O)c2c[nH]n3c(=O)cc(-c4ccc(COC(C)C)cc4)nc23)nc1. The van der Waals surface area contributed by atoms with Gasteiger partial charge in [-0.1, -0.05) is 30.3 Å². The van der Waals surface area contributed by atoms with Crippen molar-refractivity contribution in [2.75, 3.05) is 5.32 Å². The molecule has 0 aliphatic carbocycles. The number of hydrogen-bond donors (Lipinski definition) is 2. The van der Waals surface area contributed by atoms with E-state index in [2.05, 4.69) is 20.4 Å². The van der Waals surface area contributed by atoms with E-state index in [0.29, 0.717) is 18.1 Å². The largest absolute Gasteiger partial charge is 0.374 e. The molecule has 3 heterocycles. The van der Waals surface area contributed by atoms with Gasteiger partial charge in [-0.15, -0.1) is 0 Å². The molecule has 3 aromatic heterocycles. The second-order valence-corrected chi connectivity index (χ2v) is 7.56. The van der Waals surface area contributed by atoms with E-state index in [0.717, 1.165) is 16.7 Å². The third-order valence-corrected chi connectivity index (χ3v) is 4.73. The number of H-pyrrole nitrogens is 1. The Morgan fingerprint density at radius 2 is 1.97 bits per heavy atom. The van der Waals surface area contributed by atoms with Gasteiger partial charge in [0.2, 0.25) is 0 Å². The van der Waals surface area contributed by atoms with Crippen molar-refractivity contribution in [1.82, 2.24) is 19.6 Å². The molecular weight excluding hydrogens is 394 g/mol. The number of aromatic amines is 1. The molecule has 4 rings (SSSR count). The Balaban J connectivity index is 1.64. The maximum atomic E-state index is 12.8. The topological polar surface area (TPSA) is 101 Å². The highest BCUT2D eigenvalue weighted by molar-refractivity contribution is 6.07. The van der Waals surface area contributed by atoms with E-state index >= 15 is 0 Å². The smallest absolute Gasteiger partial charge is 0.273 e. The Morgan fingerprint density at radius 1 is 1.19 bits per heavy atom. The second kappa shape index (κ2) is 8.53. The van der Waals surface area contributed by atoms with Crippen LogP contribution in [0.3, 0.4) is 0 Å². The fourth-order valence-electron chi connectivity index (χ4n) is 3.06. The molecular formula is C23H23N5O3. The molecule has 0 spiro atoms. The summed E-state index contributed by atoms with van der Waals surface area (Å²) in [6, 6.07) is 12.7. The molecule has 31 heavy (non-hydrogen) atoms. The zero-order valence-electron chi connectivity index (χ0n) is 17.5. The zero-order chi connectivity index (χ0) is 22.0. The molecule has 0 fully saturated rings. The first-order chi connectivity index (χ1) is 14.9. The molecule has 0 aliphatic heterocycles. The van der Waals surface area contributed by atoms with E-state index in [4.69, 9.17) is 4.74 Å². The van der Waals surface area contributed by atoms with Crippen LogP contribution in [-0.4, -0.2) is 31.6 Å². The van der Waals surface area contributed by atoms with Crippen LogP contribution in [0.1, 0.15) is 35.3 Å². The quantitative estimate of drug-likeness (QED) is 0.499. The van der Waals surface area contributed by atoms with Gasteiger partial charge in [0.05, 0.1) is 18.4 Å². The van der Waals surface area contributed by atoms with Gasteiger partial charge in [-0.05, 0) is 38.0 Å². The Labute approximate surface area is 178 Å². The minimum absolute atomic E-state index is 0.150. The summed E-state index contributed by atoms with van der Waals surface area (Å²) in [5.74, 6) is 0.0213. The summed E-state index contributed by atoms with van der Waals surface area (Å²) in [7, 11) is 0. The van der Waals surface area contributed by atoms with Gasteiger partial charge < -0.3 is 10.1 Å². The lowest BCUT2D eigenvalue weighted by atomic mass is 10.1. The van der Waals surface area contributed by atoms with E-state index in [1.165, 1.54) is 16.8 Å². The van der Waals surface area contributed by atoms with E-state index in [9.17, 15) is 9.59 Å². The van der Waals surface area contributed by atoms with E-state index < -0.39 is 5.91 Å². The number of hydrogen-bond acceptors (Lipinski definition) is 5. The van der Waals surface area contributed by atoms with Crippen molar-refractivity contribution in [2.45, 2.75) is 33.5 Å². The predicted molar refractivity (Wildman–Crippen MR) is 118 cm³/mol. The van der Waals surface area contributed by atoms with Crippen molar-refractivity contribution in [3.63, 3.8) is 0 Å². The van der Waals surface area contributed by atoms with Crippen LogP contribution in [-0.2, 0) is 11.3 Å². The predicted octanol–water partition coefficient (Wildman–Crippen LogP) is 3.57. The third-order valence-electron chi connectivity index (χ3n) is 4.73. The van der Waals surface area contributed by atoms with Crippen molar-refractivity contribution in [1.29, 1.82) is 0 Å². The highest BCUT2D eigenvalue weighted by atomic mass is 16.5. The number of anilines is 1. The third kappa shape index (κ3) is 4.54. The van der Waals surface area contributed by atoms with Gasteiger partial charge in [-0.3, -0.25) is 14.7 Å². The number of rotatable bonds is 6. The van der Waals surface area contributed by atoms with Crippen LogP contribution in [0.5, 0.6) is 0 Å². The standard InChI is InChI=1S/C23H23N5O3/c1-14(2)31-13-16-5-7-17(8-6-16)19-10-21(29)28-22(26-19)18(12-25-28)23(30)27-20-9-4-15(3)11-24-20/h4-12,14,25H,13H2,1-3H3,(H,24,27,30). The molecule has 2 N–H and O–H groups in total. The fraction of sp³-hybridized carbons (Fsp3) is 0.217. The molecule has 8 heteroatoms. The second-order valence-electron chi connectivity index (χ2n) is 7.56. The number of pyridine rings is 1. The first kappa shape index (κ1) is 20.5. The van der Waals surface area contributed by atoms with Gasteiger partial charge in [0.15, 0.2) is 5.65 Å². The Kier molecular flexibility index (Phi) is 5.64. The summed E-state index contributed by atoms with van der Waals surface area (Å²) in [5.41, 5.74) is 3.48. The van der Waals surface area contributed by atoms with Gasteiger partial charge in [0.1, 0.15) is 11.4 Å². The van der Waals surface area contributed by atoms with Crippen LogP contribution in [0.25, 0.3) is 16.9 Å². The molecule has 4 aromatic rings. The molecule has 0 bridgehead atoms. The molecule has 0 atom stereocenters. The Morgan fingerprint density at radius 3 is 2.65 bits per heavy atom. The summed E-state index contributed by atoms with van der Waals surface area (Å²) < 4.78 is 6.86. The van der Waals surface area contributed by atoms with E-state index in [-0.39, 0.29) is 22.9 Å². The molecule has 0 saturated carbocycles. The monoisotopic (exact) mass is 417 g/mol. The van der Waals surface area contributed by atoms with Gasteiger partial charge in [0, 0.05) is 24.0 Å². The molecule has 1 aromatic carbocycles. The van der Waals surface area contributed by atoms with Crippen LogP contribution >= 0.6 is 0 Å². The van der Waals surface area contributed by atoms with Crippen LogP contribution < -0.4 is 10.9 Å². The lowest BCUT2D eigenvalue weighted by molar-refractivity contribution is 0.0657. The number of amides is 1. The van der Waals surface area contributed by atoms with Gasteiger partial charge in [-0.2, -0.15) is 0 Å². The number of carbonyl (C=O) groups excluding carboxylic acids is 1. The highest BCUT2D eigenvalue weighted by Crippen LogP contribution is 2.19. The molecule has 1 amide bonds. The summed E-state index contributed by atoms with van der Waals surface area (Å²) in [4.78, 5) is 34.1. The number of nitrogens with one attached hydrogen (secondary N) is 2. The molecule has 0 unspecified atom stereocenters. The molecule has 158 valence electrons. The summed E-state index contributed by atoms with van der Waals surface area (Å²) in [6.45, 7) is 6.41. The first-order valence-corrected chi connectivity index (χ1v) is 9.97. The van der Waals surface area contributed by atoms with Crippen LogP contribution in [0, 0.1) is 6.92 Å². The number of benzene rings is 1. The molecule has 0 aliphatic rings. The van der Waals surface area contributed by atoms with Crippen molar-refractivity contribution in [3.05, 3.63) is 81.9 Å². The summed E-state index contributed by atoms with van der Waals surface area (Å²) in [6.07, 6.45) is 3.28. The number of ether oxygens (including phenoxy) is 1. The summed E-state index contributed by atoms with van der Waals surface area (Å²) in [5, 5.41) is 5.52. The first-order valence-electron chi connectivity index (χ1n) is 9.97. The Bertz CT molecular complexity index is 1270. The maximum absolute atomic E-state index is 12.8. The van der Waals surface area contributed by atoms with Gasteiger partial charge in [-0.25, -0.2) is 14.5 Å². The fourth-order valence-corrected chi connectivity index (χ4v) is 3.06. The molecule has 8 nitrogen and oxygen atoms in total. The number of nitrogens with zero attached hydrogens (tertiary/aromatic N) is 3. The van der Waals surface area contributed by atoms with Crippen LogP contribution in [0.2, 0.25) is 0 Å². The number of carbonyl (C=O) groups is 1. The highest BCUT2D eigenvalue weighted by Gasteiger charge is 2.17. The lowest BCUT2D eigenvalue weighted by Crippen LogP contribution is -2.17. The van der Waals surface area contributed by atoms with Crippen LogP contribution in [0.15, 0.2) is 59.7 Å². The average molecular weight is 417 g/mol. The normalized spacial score (nSPS) is 11.2. The average Bonchev–Trinajstić information content (AvgIpc) is 3.19. The number of fused-ring (bicyclic) bond motifs is 1. The Hall–Kier alpha value is -3.78. The number of aryl methyl sites for hydroxylation is 1. The van der Waals surface area contributed by atoms with Crippen molar-refractivity contribution in [3.8, 4) is 11.3 Å². The minimum atomic E-state index is -0.402. The molecule has 0 saturated heterocycles. The summed E-state index contributed by atoms with van der Waals surface area (Å²) >= 11 is 0. The zero-order valence-corrected chi connectivity index (χ0v) is 17.5. The van der Waals surface area contributed by atoms with Crippen molar-refractivity contribution in [2.24, 2.45) is 0 Å². The van der Waals surface area contributed by atoms with Gasteiger partial charge >= 0.3 is 0 Å². The van der Waals surface area contributed by atoms with E-state index in [1.807, 2.05) is 51.1 Å². The van der Waals surface area contributed by atoms with Crippen LogP contribution in [0.4, 0.5) is 5.82 Å². The van der Waals surface area contributed by atoms with Crippen molar-refractivity contribution < 1.29 is 9.53 Å². The van der Waals surface area contributed by atoms with E-state index in [1.54, 1.807) is 12.3 Å². The molecule has 0 radical (unpaired) electrons. The maximum Gasteiger partial charge on any atom is 0.273 e. The number of aromatic nitrogens is 4. The van der Waals surface area contributed by atoms with Crippen molar-refractivity contribution >= 4 is 17.4 Å². The minimum Gasteiger partial charge on any atom is -0.374 e.